The summed E-state index contributed by atoms with van der Waals surface area (Å²) in [5.41, 5.74) is 2.61. The first-order chi connectivity index (χ1) is 8.72. The smallest absolute Gasteiger partial charge is 0.122 e. The molecular weight excluding hydrogens is 222 g/mol. The minimum Gasteiger partial charge on any atom is -0.490 e. The van der Waals surface area contributed by atoms with Crippen LogP contribution in [-0.2, 0) is 0 Å². The highest BCUT2D eigenvalue weighted by atomic mass is 16.5. The topological polar surface area (TPSA) is 21.3 Å². The van der Waals surface area contributed by atoms with Crippen LogP contribution >= 0.6 is 0 Å². The van der Waals surface area contributed by atoms with E-state index in [0.29, 0.717) is 18.2 Å². The van der Waals surface area contributed by atoms with Gasteiger partial charge in [0.1, 0.15) is 11.9 Å². The minimum atomic E-state index is 0.405. The first-order valence-corrected chi connectivity index (χ1v) is 7.21. The van der Waals surface area contributed by atoms with E-state index < -0.39 is 0 Å². The normalized spacial score (nSPS) is 31.1. The lowest BCUT2D eigenvalue weighted by molar-refractivity contribution is 0.0921. The molecule has 0 aliphatic carbocycles. The van der Waals surface area contributed by atoms with Crippen LogP contribution in [0.15, 0.2) is 18.2 Å². The molecule has 0 amide bonds. The molecule has 2 unspecified atom stereocenters. The number of hydrogen-bond acceptors (Lipinski definition) is 2. The van der Waals surface area contributed by atoms with Gasteiger partial charge in [-0.1, -0.05) is 18.6 Å². The molecule has 3 rings (SSSR count). The fourth-order valence-corrected chi connectivity index (χ4v) is 3.34. The van der Waals surface area contributed by atoms with Crippen molar-refractivity contribution >= 4 is 0 Å². The second-order valence-corrected chi connectivity index (χ2v) is 5.90. The molecule has 1 N–H and O–H groups in total. The zero-order chi connectivity index (χ0) is 12.5. The van der Waals surface area contributed by atoms with Crippen molar-refractivity contribution in [2.45, 2.75) is 64.1 Å². The molecular formula is C16H23NO. The summed E-state index contributed by atoms with van der Waals surface area (Å²) in [5.74, 6) is 1.08. The van der Waals surface area contributed by atoms with Gasteiger partial charge in [-0.15, -0.1) is 0 Å². The Morgan fingerprint density at radius 1 is 1.11 bits per heavy atom. The fraction of sp³-hybridized carbons (Fsp3) is 0.625. The zero-order valence-electron chi connectivity index (χ0n) is 11.4. The van der Waals surface area contributed by atoms with E-state index in [9.17, 15) is 0 Å². The number of aryl methyl sites for hydroxylation is 1. The maximum absolute atomic E-state index is 6.26. The molecule has 2 aliphatic rings. The van der Waals surface area contributed by atoms with Crippen LogP contribution in [0.4, 0.5) is 0 Å². The van der Waals surface area contributed by atoms with Gasteiger partial charge in [0.15, 0.2) is 0 Å². The number of benzene rings is 1. The first-order valence-electron chi connectivity index (χ1n) is 7.21. The highest BCUT2D eigenvalue weighted by Gasteiger charge is 2.32. The number of piperidine rings is 2. The van der Waals surface area contributed by atoms with Gasteiger partial charge in [0.05, 0.1) is 0 Å². The molecule has 2 heteroatoms. The Labute approximate surface area is 110 Å². The number of rotatable bonds is 2. The molecule has 2 heterocycles. The summed E-state index contributed by atoms with van der Waals surface area (Å²) < 4.78 is 6.26. The average molecular weight is 245 g/mol. The van der Waals surface area contributed by atoms with Crippen molar-refractivity contribution in [1.29, 1.82) is 0 Å². The van der Waals surface area contributed by atoms with Gasteiger partial charge in [0.2, 0.25) is 0 Å². The van der Waals surface area contributed by atoms with Gasteiger partial charge in [0, 0.05) is 12.1 Å². The summed E-state index contributed by atoms with van der Waals surface area (Å²) in [5, 5.41) is 3.71. The maximum Gasteiger partial charge on any atom is 0.122 e. The highest BCUT2D eigenvalue weighted by molar-refractivity contribution is 5.38. The number of ether oxygens (including phenoxy) is 1. The molecule has 2 atom stereocenters. The van der Waals surface area contributed by atoms with Crippen LogP contribution in [0.2, 0.25) is 0 Å². The highest BCUT2D eigenvalue weighted by Crippen LogP contribution is 2.30. The Hall–Kier alpha value is -1.02. The zero-order valence-corrected chi connectivity index (χ0v) is 11.4. The molecule has 2 saturated heterocycles. The van der Waals surface area contributed by atoms with E-state index in [1.54, 1.807) is 0 Å². The van der Waals surface area contributed by atoms with E-state index in [0.717, 1.165) is 5.75 Å². The van der Waals surface area contributed by atoms with Crippen LogP contribution in [0.5, 0.6) is 5.75 Å². The number of hydrogen-bond donors (Lipinski definition) is 1. The van der Waals surface area contributed by atoms with Gasteiger partial charge in [-0.2, -0.15) is 0 Å². The predicted octanol–water partition coefficient (Wildman–Crippen LogP) is 3.36. The van der Waals surface area contributed by atoms with Crippen LogP contribution in [0.25, 0.3) is 0 Å². The summed E-state index contributed by atoms with van der Waals surface area (Å²) in [6.45, 7) is 4.31. The molecule has 2 bridgehead atoms. The molecule has 2 nitrogen and oxygen atoms in total. The van der Waals surface area contributed by atoms with E-state index in [4.69, 9.17) is 4.74 Å². The van der Waals surface area contributed by atoms with Crippen molar-refractivity contribution < 1.29 is 4.74 Å². The summed E-state index contributed by atoms with van der Waals surface area (Å²) in [6, 6.07) is 7.74. The Bertz CT molecular complexity index is 417. The van der Waals surface area contributed by atoms with Crippen LogP contribution in [-0.4, -0.2) is 18.2 Å². The lowest BCUT2D eigenvalue weighted by Crippen LogP contribution is -2.51. The standard InChI is InChI=1S/C16H23NO/c1-11-5-3-8-16(12(11)2)18-15-9-13-6-4-7-14(10-15)17-13/h3,5,8,13-15,17H,4,6-7,9-10H2,1-2H3. The van der Waals surface area contributed by atoms with E-state index in [1.807, 2.05) is 0 Å². The molecule has 2 aliphatic heterocycles. The van der Waals surface area contributed by atoms with Gasteiger partial charge in [-0.3, -0.25) is 0 Å². The van der Waals surface area contributed by atoms with Crippen molar-refractivity contribution in [1.82, 2.24) is 5.32 Å². The van der Waals surface area contributed by atoms with Gasteiger partial charge in [-0.25, -0.2) is 0 Å². The minimum absolute atomic E-state index is 0.405. The molecule has 2 fully saturated rings. The number of nitrogens with one attached hydrogen (secondary N) is 1. The Kier molecular flexibility index (Phi) is 3.29. The summed E-state index contributed by atoms with van der Waals surface area (Å²) in [7, 11) is 0. The lowest BCUT2D eigenvalue weighted by atomic mass is 9.85. The fourth-order valence-electron chi connectivity index (χ4n) is 3.34. The van der Waals surface area contributed by atoms with Gasteiger partial charge < -0.3 is 10.1 Å². The second-order valence-electron chi connectivity index (χ2n) is 5.90. The summed E-state index contributed by atoms with van der Waals surface area (Å²) in [6.07, 6.45) is 6.78. The molecule has 0 saturated carbocycles. The third kappa shape index (κ3) is 2.39. The number of fused-ring (bicyclic) bond motifs is 2. The Morgan fingerprint density at radius 2 is 1.83 bits per heavy atom. The van der Waals surface area contributed by atoms with E-state index >= 15 is 0 Å². The third-order valence-electron chi connectivity index (χ3n) is 4.52. The van der Waals surface area contributed by atoms with Crippen LogP contribution in [0.1, 0.15) is 43.2 Å². The van der Waals surface area contributed by atoms with E-state index in [1.165, 1.54) is 43.2 Å². The molecule has 0 radical (unpaired) electrons. The lowest BCUT2D eigenvalue weighted by Gasteiger charge is -2.40. The first kappa shape index (κ1) is 12.0. The molecule has 1 aromatic carbocycles. The molecule has 18 heavy (non-hydrogen) atoms. The molecule has 98 valence electrons. The molecule has 0 aromatic heterocycles. The van der Waals surface area contributed by atoms with Crippen LogP contribution in [0.3, 0.4) is 0 Å². The van der Waals surface area contributed by atoms with Crippen molar-refractivity contribution in [3.63, 3.8) is 0 Å². The monoisotopic (exact) mass is 245 g/mol. The Morgan fingerprint density at radius 3 is 2.56 bits per heavy atom. The molecule has 1 aromatic rings. The molecule has 0 spiro atoms. The van der Waals surface area contributed by atoms with Crippen molar-refractivity contribution in [2.24, 2.45) is 0 Å². The summed E-state index contributed by atoms with van der Waals surface area (Å²) >= 11 is 0. The van der Waals surface area contributed by atoms with Gasteiger partial charge in [-0.05, 0) is 56.7 Å². The summed E-state index contributed by atoms with van der Waals surface area (Å²) in [4.78, 5) is 0. The largest absolute Gasteiger partial charge is 0.490 e. The quantitative estimate of drug-likeness (QED) is 0.862. The van der Waals surface area contributed by atoms with Crippen molar-refractivity contribution in [3.05, 3.63) is 29.3 Å². The van der Waals surface area contributed by atoms with Crippen LogP contribution < -0.4 is 10.1 Å². The van der Waals surface area contributed by atoms with Gasteiger partial charge >= 0.3 is 0 Å². The maximum atomic E-state index is 6.26. The van der Waals surface area contributed by atoms with Crippen LogP contribution in [0, 0.1) is 13.8 Å². The second kappa shape index (κ2) is 4.93. The Balaban J connectivity index is 1.71. The van der Waals surface area contributed by atoms with Gasteiger partial charge in [0.25, 0.3) is 0 Å². The van der Waals surface area contributed by atoms with E-state index in [-0.39, 0.29) is 0 Å². The van der Waals surface area contributed by atoms with Crippen molar-refractivity contribution in [3.8, 4) is 5.75 Å². The predicted molar refractivity (Wildman–Crippen MR) is 74.1 cm³/mol. The van der Waals surface area contributed by atoms with E-state index in [2.05, 4.69) is 37.4 Å². The SMILES string of the molecule is Cc1cccc(OC2CC3CCCC(C2)N3)c1C. The third-order valence-corrected chi connectivity index (χ3v) is 4.52. The average Bonchev–Trinajstić information content (AvgIpc) is 2.35. The van der Waals surface area contributed by atoms with Crippen molar-refractivity contribution in [2.75, 3.05) is 0 Å².